The first-order valence-electron chi connectivity index (χ1n) is 7.22. The van der Waals surface area contributed by atoms with Gasteiger partial charge in [0.05, 0.1) is 16.8 Å². The number of nitrogens with zero attached hydrogens (tertiary/aromatic N) is 1. The van der Waals surface area contributed by atoms with E-state index in [4.69, 9.17) is 9.31 Å². The van der Waals surface area contributed by atoms with Gasteiger partial charge in [0.25, 0.3) is 0 Å². The third-order valence-electron chi connectivity index (χ3n) is 4.01. The Bertz CT molecular complexity index is 562. The lowest BCUT2D eigenvalue weighted by atomic mass is 9.78. The van der Waals surface area contributed by atoms with E-state index in [0.717, 1.165) is 10.4 Å². The van der Waals surface area contributed by atoms with Crippen LogP contribution < -0.4 is 5.46 Å². The predicted octanol–water partition coefficient (Wildman–Crippen LogP) is 3.36. The summed E-state index contributed by atoms with van der Waals surface area (Å²) in [4.78, 5) is 1.01. The topological polar surface area (TPSA) is 42.2 Å². The summed E-state index contributed by atoms with van der Waals surface area (Å²) >= 11 is 1.70. The Hall–Kier alpha value is -0.955. The molecule has 1 aromatic rings. The zero-order chi connectivity index (χ0) is 15.8. The Kier molecular flexibility index (Phi) is 4.44. The third kappa shape index (κ3) is 3.28. The molecule has 0 atom stereocenters. The van der Waals surface area contributed by atoms with Crippen LogP contribution in [-0.2, 0) is 9.31 Å². The number of rotatable bonds is 3. The molecule has 0 saturated carbocycles. The molecular formula is C16H22BNO2S. The van der Waals surface area contributed by atoms with Crippen LogP contribution in [0.15, 0.2) is 23.1 Å². The Labute approximate surface area is 132 Å². The van der Waals surface area contributed by atoms with Gasteiger partial charge < -0.3 is 9.31 Å². The van der Waals surface area contributed by atoms with Gasteiger partial charge in [-0.2, -0.15) is 5.26 Å². The molecule has 0 N–H and O–H groups in total. The second kappa shape index (κ2) is 5.68. The van der Waals surface area contributed by atoms with E-state index in [1.165, 1.54) is 0 Å². The Morgan fingerprint density at radius 3 is 2.19 bits per heavy atom. The van der Waals surface area contributed by atoms with Crippen LogP contribution in [-0.4, -0.2) is 23.6 Å². The van der Waals surface area contributed by atoms with Gasteiger partial charge in [-0.3, -0.25) is 0 Å². The second-order valence-electron chi connectivity index (χ2n) is 6.62. The summed E-state index contributed by atoms with van der Waals surface area (Å²) in [6, 6.07) is 8.14. The van der Waals surface area contributed by atoms with Crippen LogP contribution >= 0.6 is 11.8 Å². The van der Waals surface area contributed by atoms with Crippen molar-refractivity contribution in [3.05, 3.63) is 23.8 Å². The van der Waals surface area contributed by atoms with Gasteiger partial charge in [-0.05, 0) is 45.3 Å². The maximum absolute atomic E-state index is 9.36. The maximum Gasteiger partial charge on any atom is 0.494 e. The van der Waals surface area contributed by atoms with E-state index >= 15 is 0 Å². The molecule has 2 rings (SSSR count). The highest BCUT2D eigenvalue weighted by Crippen LogP contribution is 2.36. The number of hydrogen-bond acceptors (Lipinski definition) is 4. The van der Waals surface area contributed by atoms with Crippen molar-refractivity contribution < 1.29 is 9.31 Å². The van der Waals surface area contributed by atoms with Crippen molar-refractivity contribution in [3.8, 4) is 6.07 Å². The molecule has 0 unspecified atom stereocenters. The van der Waals surface area contributed by atoms with E-state index in [0.29, 0.717) is 10.8 Å². The lowest BCUT2D eigenvalue weighted by molar-refractivity contribution is 0.00578. The molecule has 1 aliphatic rings. The standard InChI is InChI=1S/C16H22BNO2S/c1-11(2)21-14-8-7-13(9-12(14)10-18)17-19-15(3,4)16(5,6)20-17/h7-9,11H,1-6H3. The van der Waals surface area contributed by atoms with Gasteiger partial charge in [0.2, 0.25) is 0 Å². The Morgan fingerprint density at radius 1 is 1.14 bits per heavy atom. The van der Waals surface area contributed by atoms with Crippen molar-refractivity contribution in [2.24, 2.45) is 0 Å². The van der Waals surface area contributed by atoms with Gasteiger partial charge in [-0.25, -0.2) is 0 Å². The molecule has 0 radical (unpaired) electrons. The van der Waals surface area contributed by atoms with Crippen LogP contribution in [0.4, 0.5) is 0 Å². The van der Waals surface area contributed by atoms with Crippen molar-refractivity contribution in [1.29, 1.82) is 5.26 Å². The number of nitriles is 1. The molecule has 1 heterocycles. The second-order valence-corrected chi connectivity index (χ2v) is 8.24. The van der Waals surface area contributed by atoms with Gasteiger partial charge in [0, 0.05) is 10.1 Å². The fraction of sp³-hybridized carbons (Fsp3) is 0.562. The lowest BCUT2D eigenvalue weighted by Crippen LogP contribution is -2.41. The first-order chi connectivity index (χ1) is 9.66. The van der Waals surface area contributed by atoms with Crippen LogP contribution in [0, 0.1) is 11.3 Å². The van der Waals surface area contributed by atoms with E-state index in [-0.39, 0.29) is 11.2 Å². The Balaban J connectivity index is 2.29. The van der Waals surface area contributed by atoms with Gasteiger partial charge >= 0.3 is 7.12 Å². The minimum Gasteiger partial charge on any atom is -0.399 e. The summed E-state index contributed by atoms with van der Waals surface area (Å²) in [6.07, 6.45) is 0. The fourth-order valence-electron chi connectivity index (χ4n) is 2.12. The van der Waals surface area contributed by atoms with E-state index in [2.05, 4.69) is 19.9 Å². The molecule has 5 heteroatoms. The molecule has 0 bridgehead atoms. The molecule has 1 saturated heterocycles. The quantitative estimate of drug-likeness (QED) is 0.634. The first kappa shape index (κ1) is 16.4. The predicted molar refractivity (Wildman–Crippen MR) is 87.9 cm³/mol. The van der Waals surface area contributed by atoms with Crippen LogP contribution in [0.3, 0.4) is 0 Å². The molecule has 0 aliphatic carbocycles. The molecule has 21 heavy (non-hydrogen) atoms. The highest BCUT2D eigenvalue weighted by Gasteiger charge is 2.51. The van der Waals surface area contributed by atoms with Crippen LogP contribution in [0.2, 0.25) is 0 Å². The summed E-state index contributed by atoms with van der Waals surface area (Å²) < 4.78 is 12.1. The van der Waals surface area contributed by atoms with Gasteiger partial charge in [-0.1, -0.05) is 19.9 Å². The van der Waals surface area contributed by atoms with Crippen LogP contribution in [0.25, 0.3) is 0 Å². The smallest absolute Gasteiger partial charge is 0.399 e. The maximum atomic E-state index is 9.36. The summed E-state index contributed by atoms with van der Waals surface area (Å²) in [7, 11) is -0.416. The van der Waals surface area contributed by atoms with Crippen molar-refractivity contribution in [2.75, 3.05) is 0 Å². The number of hydrogen-bond donors (Lipinski definition) is 0. The molecule has 1 fully saturated rings. The number of benzene rings is 1. The summed E-state index contributed by atoms with van der Waals surface area (Å²) in [5, 5.41) is 9.80. The molecule has 0 amide bonds. The van der Waals surface area contributed by atoms with E-state index in [1.54, 1.807) is 11.8 Å². The van der Waals surface area contributed by atoms with Crippen molar-refractivity contribution in [1.82, 2.24) is 0 Å². The average Bonchev–Trinajstić information content (AvgIpc) is 2.58. The van der Waals surface area contributed by atoms with Gasteiger partial charge in [0.1, 0.15) is 6.07 Å². The summed E-state index contributed by atoms with van der Waals surface area (Å²) in [6.45, 7) is 12.4. The highest BCUT2D eigenvalue weighted by molar-refractivity contribution is 8.00. The molecule has 3 nitrogen and oxygen atoms in total. The minimum atomic E-state index is -0.416. The average molecular weight is 303 g/mol. The van der Waals surface area contributed by atoms with E-state index in [1.807, 2.05) is 45.9 Å². The van der Waals surface area contributed by atoms with Crippen molar-refractivity contribution >= 4 is 24.3 Å². The molecule has 0 spiro atoms. The van der Waals surface area contributed by atoms with Crippen LogP contribution in [0.1, 0.15) is 47.1 Å². The molecule has 0 aromatic heterocycles. The zero-order valence-electron chi connectivity index (χ0n) is 13.6. The molecular weight excluding hydrogens is 281 g/mol. The Morgan fingerprint density at radius 2 is 1.71 bits per heavy atom. The first-order valence-corrected chi connectivity index (χ1v) is 8.10. The molecule has 112 valence electrons. The van der Waals surface area contributed by atoms with E-state index < -0.39 is 7.12 Å². The van der Waals surface area contributed by atoms with Crippen molar-refractivity contribution in [3.63, 3.8) is 0 Å². The van der Waals surface area contributed by atoms with Crippen molar-refractivity contribution in [2.45, 2.75) is 62.9 Å². The number of thioether (sulfide) groups is 1. The van der Waals surface area contributed by atoms with Gasteiger partial charge in [0.15, 0.2) is 0 Å². The zero-order valence-corrected chi connectivity index (χ0v) is 14.4. The molecule has 1 aliphatic heterocycles. The van der Waals surface area contributed by atoms with Gasteiger partial charge in [-0.15, -0.1) is 11.8 Å². The third-order valence-corrected chi connectivity index (χ3v) is 5.09. The monoisotopic (exact) mass is 303 g/mol. The normalized spacial score (nSPS) is 19.8. The fourth-order valence-corrected chi connectivity index (χ4v) is 3.00. The van der Waals surface area contributed by atoms with E-state index in [9.17, 15) is 5.26 Å². The highest BCUT2D eigenvalue weighted by atomic mass is 32.2. The summed E-state index contributed by atoms with van der Waals surface area (Å²) in [5.74, 6) is 0. The lowest BCUT2D eigenvalue weighted by Gasteiger charge is -2.32. The van der Waals surface area contributed by atoms with Crippen LogP contribution in [0.5, 0.6) is 0 Å². The summed E-state index contributed by atoms with van der Waals surface area (Å²) in [5.41, 5.74) is 0.852. The SMILES string of the molecule is CC(C)Sc1ccc(B2OC(C)(C)C(C)(C)O2)cc1C#N. The minimum absolute atomic E-state index is 0.365. The molecule has 1 aromatic carbocycles. The largest absolute Gasteiger partial charge is 0.494 e.